The van der Waals surface area contributed by atoms with E-state index in [9.17, 15) is 19.2 Å². The Morgan fingerprint density at radius 3 is 2.69 bits per heavy atom. The van der Waals surface area contributed by atoms with E-state index >= 15 is 0 Å². The lowest BCUT2D eigenvalue weighted by Crippen LogP contribution is -2.54. The highest BCUT2D eigenvalue weighted by Gasteiger charge is 2.33. The molecule has 7 nitrogen and oxygen atoms in total. The van der Waals surface area contributed by atoms with E-state index in [4.69, 9.17) is 9.72 Å². The first kappa shape index (κ1) is 25.5. The van der Waals surface area contributed by atoms with Gasteiger partial charge in [-0.3, -0.25) is 9.59 Å². The van der Waals surface area contributed by atoms with Crippen LogP contribution in [-0.4, -0.2) is 61.0 Å². The predicted molar refractivity (Wildman–Crippen MR) is 135 cm³/mol. The Kier molecular flexibility index (Phi) is 7.80. The van der Waals surface area contributed by atoms with E-state index in [1.165, 1.54) is 0 Å². The van der Waals surface area contributed by atoms with E-state index in [1.54, 1.807) is 13.2 Å². The molecule has 2 aliphatic rings. The molecule has 0 N–H and O–H groups in total. The number of halogens is 1. The summed E-state index contributed by atoms with van der Waals surface area (Å²) in [7, 11) is 1.59. The standard InChI is InChI=1S/C28H31FN4O3/c1-18-17-32(10-11-33(18)26(35)9-12-36-3)28-23(16-30)15-24(27(31-28)21-7-8-21)22-6-4-5-20(13-22)14-25(34)19(2)29/h4-6,13,15,18,21H,2,7-12,14,17H2,1,3H3/t18-/m1/s1. The highest BCUT2D eigenvalue weighted by atomic mass is 19.1. The van der Waals surface area contributed by atoms with Crippen molar-refractivity contribution in [2.24, 2.45) is 0 Å². The van der Waals surface area contributed by atoms with Crippen molar-refractivity contribution in [1.82, 2.24) is 9.88 Å². The lowest BCUT2D eigenvalue weighted by molar-refractivity contribution is -0.134. The number of nitrogens with zero attached hydrogens (tertiary/aromatic N) is 4. The topological polar surface area (TPSA) is 86.5 Å². The summed E-state index contributed by atoms with van der Waals surface area (Å²) in [6.07, 6.45) is 2.35. The normalized spacial score (nSPS) is 17.6. The number of ketones is 1. The van der Waals surface area contributed by atoms with Gasteiger partial charge in [0.05, 0.1) is 24.3 Å². The van der Waals surface area contributed by atoms with Crippen LogP contribution in [0.2, 0.25) is 0 Å². The van der Waals surface area contributed by atoms with E-state index < -0.39 is 11.6 Å². The molecule has 1 aromatic carbocycles. The second kappa shape index (κ2) is 11.0. The van der Waals surface area contributed by atoms with Crippen molar-refractivity contribution in [3.63, 3.8) is 0 Å². The summed E-state index contributed by atoms with van der Waals surface area (Å²) in [5, 5.41) is 10.0. The molecule has 1 atom stereocenters. The van der Waals surface area contributed by atoms with Gasteiger partial charge in [-0.25, -0.2) is 9.37 Å². The second-order valence-electron chi connectivity index (χ2n) is 9.51. The maximum absolute atomic E-state index is 13.2. The maximum atomic E-state index is 13.2. The molecule has 8 heteroatoms. The summed E-state index contributed by atoms with van der Waals surface area (Å²) in [4.78, 5) is 33.4. The van der Waals surface area contributed by atoms with Crippen LogP contribution < -0.4 is 4.90 Å². The number of rotatable bonds is 9. The zero-order valence-electron chi connectivity index (χ0n) is 20.8. The number of benzene rings is 1. The van der Waals surface area contributed by atoms with Crippen molar-refractivity contribution >= 4 is 17.5 Å². The number of nitriles is 1. The smallest absolute Gasteiger partial charge is 0.225 e. The first-order valence-corrected chi connectivity index (χ1v) is 12.3. The number of carbonyl (C=O) groups excluding carboxylic acids is 2. The molecular formula is C28H31FN4O3. The monoisotopic (exact) mass is 490 g/mol. The van der Waals surface area contributed by atoms with E-state index in [2.05, 4.69) is 17.5 Å². The van der Waals surface area contributed by atoms with Gasteiger partial charge in [0.2, 0.25) is 5.91 Å². The zero-order chi connectivity index (χ0) is 25.8. The Bertz CT molecular complexity index is 1220. The molecule has 2 heterocycles. The van der Waals surface area contributed by atoms with Crippen molar-refractivity contribution in [2.75, 3.05) is 38.3 Å². The Hall–Kier alpha value is -3.57. The Balaban J connectivity index is 1.63. The van der Waals surface area contributed by atoms with Crippen LogP contribution in [-0.2, 0) is 20.7 Å². The Labute approximate surface area is 211 Å². The number of hydrogen-bond donors (Lipinski definition) is 0. The third-order valence-corrected chi connectivity index (χ3v) is 6.79. The van der Waals surface area contributed by atoms with Crippen molar-refractivity contribution in [3.8, 4) is 17.2 Å². The number of hydrogen-bond acceptors (Lipinski definition) is 6. The molecule has 0 unspecified atom stereocenters. The van der Waals surface area contributed by atoms with Crippen LogP contribution in [0.1, 0.15) is 48.9 Å². The molecule has 1 aliphatic carbocycles. The fraction of sp³-hybridized carbons (Fsp3) is 0.429. The average Bonchev–Trinajstić information content (AvgIpc) is 3.72. The first-order chi connectivity index (χ1) is 17.3. The van der Waals surface area contributed by atoms with E-state index in [0.717, 1.165) is 29.7 Å². The summed E-state index contributed by atoms with van der Waals surface area (Å²) in [6, 6.07) is 11.6. The third-order valence-electron chi connectivity index (χ3n) is 6.79. The van der Waals surface area contributed by atoms with Gasteiger partial charge < -0.3 is 14.5 Å². The van der Waals surface area contributed by atoms with Crippen LogP contribution in [0.3, 0.4) is 0 Å². The van der Waals surface area contributed by atoms with Crippen molar-refractivity contribution in [1.29, 1.82) is 5.26 Å². The molecule has 1 aliphatic heterocycles. The van der Waals surface area contributed by atoms with Crippen LogP contribution in [0.25, 0.3) is 11.1 Å². The van der Waals surface area contributed by atoms with Gasteiger partial charge in [-0.1, -0.05) is 30.8 Å². The number of ether oxygens (including phenoxy) is 1. The van der Waals surface area contributed by atoms with Crippen LogP contribution >= 0.6 is 0 Å². The molecule has 4 rings (SSSR count). The number of aromatic nitrogens is 1. The van der Waals surface area contributed by atoms with Gasteiger partial charge in [-0.2, -0.15) is 5.26 Å². The van der Waals surface area contributed by atoms with Gasteiger partial charge in [0.15, 0.2) is 11.6 Å². The predicted octanol–water partition coefficient (Wildman–Crippen LogP) is 4.17. The number of allylic oxidation sites excluding steroid dienone is 1. The minimum absolute atomic E-state index is 0.0139. The molecule has 1 saturated carbocycles. The van der Waals surface area contributed by atoms with Crippen molar-refractivity contribution < 1.29 is 18.7 Å². The average molecular weight is 491 g/mol. The lowest BCUT2D eigenvalue weighted by atomic mass is 9.96. The molecule has 0 bridgehead atoms. The van der Waals surface area contributed by atoms with Crippen LogP contribution in [0, 0.1) is 11.3 Å². The van der Waals surface area contributed by atoms with Crippen LogP contribution in [0.5, 0.6) is 0 Å². The molecule has 0 radical (unpaired) electrons. The molecule has 2 aromatic rings. The summed E-state index contributed by atoms with van der Waals surface area (Å²) in [5.41, 5.74) is 3.81. The minimum Gasteiger partial charge on any atom is -0.384 e. The van der Waals surface area contributed by atoms with Gasteiger partial charge in [0.25, 0.3) is 0 Å². The third kappa shape index (κ3) is 5.63. The number of methoxy groups -OCH3 is 1. The minimum atomic E-state index is -0.952. The second-order valence-corrected chi connectivity index (χ2v) is 9.51. The van der Waals surface area contributed by atoms with E-state index in [-0.39, 0.29) is 18.4 Å². The Morgan fingerprint density at radius 2 is 2.06 bits per heavy atom. The molecule has 188 valence electrons. The number of pyridine rings is 1. The Morgan fingerprint density at radius 1 is 1.28 bits per heavy atom. The van der Waals surface area contributed by atoms with Crippen molar-refractivity contribution in [2.45, 2.75) is 44.6 Å². The first-order valence-electron chi connectivity index (χ1n) is 12.3. The summed E-state index contributed by atoms with van der Waals surface area (Å²) < 4.78 is 18.3. The van der Waals surface area contributed by atoms with Gasteiger partial charge in [0.1, 0.15) is 11.9 Å². The van der Waals surface area contributed by atoms with Gasteiger partial charge in [-0.05, 0) is 37.0 Å². The molecule has 1 amide bonds. The number of piperazine rings is 1. The molecule has 36 heavy (non-hydrogen) atoms. The maximum Gasteiger partial charge on any atom is 0.225 e. The number of anilines is 1. The fourth-order valence-corrected chi connectivity index (χ4v) is 4.72. The SMILES string of the molecule is C=C(F)C(=O)Cc1cccc(-c2cc(C#N)c(N3CCN(C(=O)CCOC)[C@H](C)C3)nc2C2CC2)c1. The van der Waals surface area contributed by atoms with Crippen molar-refractivity contribution in [3.05, 3.63) is 59.6 Å². The summed E-state index contributed by atoms with van der Waals surface area (Å²) >= 11 is 0. The van der Waals surface area contributed by atoms with E-state index in [0.29, 0.717) is 55.5 Å². The van der Waals surface area contributed by atoms with Crippen LogP contribution in [0.4, 0.5) is 10.2 Å². The van der Waals surface area contributed by atoms with Gasteiger partial charge >= 0.3 is 0 Å². The molecular weight excluding hydrogens is 459 g/mol. The molecule has 1 saturated heterocycles. The molecule has 1 aromatic heterocycles. The number of carbonyl (C=O) groups is 2. The largest absolute Gasteiger partial charge is 0.384 e. The molecule has 0 spiro atoms. The van der Waals surface area contributed by atoms with E-state index in [1.807, 2.05) is 36.1 Å². The summed E-state index contributed by atoms with van der Waals surface area (Å²) in [6.45, 7) is 7.25. The molecule has 2 fully saturated rings. The number of Topliss-reactive ketones (excluding diaryl/α,β-unsaturated/α-hetero) is 1. The fourth-order valence-electron chi connectivity index (χ4n) is 4.72. The summed E-state index contributed by atoms with van der Waals surface area (Å²) in [5.74, 6) is -0.557. The van der Waals surface area contributed by atoms with Gasteiger partial charge in [-0.15, -0.1) is 0 Å². The highest BCUT2D eigenvalue weighted by Crippen LogP contribution is 2.45. The van der Waals surface area contributed by atoms with Crippen LogP contribution in [0.15, 0.2) is 42.7 Å². The quantitative estimate of drug-likeness (QED) is 0.491. The number of amides is 1. The highest BCUT2D eigenvalue weighted by molar-refractivity contribution is 5.94. The lowest BCUT2D eigenvalue weighted by Gasteiger charge is -2.41. The zero-order valence-corrected chi connectivity index (χ0v) is 20.8. The van der Waals surface area contributed by atoms with Gasteiger partial charge in [0, 0.05) is 50.7 Å².